The van der Waals surface area contributed by atoms with Gasteiger partial charge in [-0.2, -0.15) is 0 Å². The number of aryl methyl sites for hydroxylation is 2. The number of carbonyl (C=O) groups is 1. The number of carbonyl (C=O) groups excluding carboxylic acids is 1. The monoisotopic (exact) mass is 447 g/mol. The van der Waals surface area contributed by atoms with E-state index in [-0.39, 0.29) is 6.09 Å². The lowest BCUT2D eigenvalue weighted by atomic mass is 9.86. The van der Waals surface area contributed by atoms with Gasteiger partial charge in [0.25, 0.3) is 0 Å². The van der Waals surface area contributed by atoms with Gasteiger partial charge in [-0.05, 0) is 94.8 Å². The molecule has 2 atom stereocenters. The van der Waals surface area contributed by atoms with Crippen LogP contribution in [0.5, 0.6) is 0 Å². The topological polar surface area (TPSA) is 60.5 Å². The number of nitrogens with two attached hydrogens (primary N) is 1. The predicted octanol–water partition coefficient (Wildman–Crippen LogP) is 5.95. The Morgan fingerprint density at radius 3 is 2.52 bits per heavy atom. The lowest BCUT2D eigenvalue weighted by Gasteiger charge is -2.40. The highest BCUT2D eigenvalue weighted by atomic mass is 16.6. The predicted molar refractivity (Wildman–Crippen MR) is 134 cm³/mol. The largest absolute Gasteiger partial charge is 0.443 e. The third kappa shape index (κ3) is 4.99. The van der Waals surface area contributed by atoms with Crippen molar-refractivity contribution in [2.45, 2.75) is 65.6 Å². The highest BCUT2D eigenvalue weighted by Gasteiger charge is 2.30. The van der Waals surface area contributed by atoms with Crippen LogP contribution in [0.4, 0.5) is 4.79 Å². The Morgan fingerprint density at radius 2 is 1.85 bits per heavy atom. The number of hydrogen-bond donors (Lipinski definition) is 1. The van der Waals surface area contributed by atoms with Crippen molar-refractivity contribution in [3.05, 3.63) is 70.9 Å². The number of hydrogen-bond acceptors (Lipinski definition) is 4. The molecule has 1 aliphatic rings. The molecule has 1 fully saturated rings. The molecule has 5 nitrogen and oxygen atoms in total. The molecule has 1 aromatic heterocycles. The molecule has 176 valence electrons. The molecule has 1 saturated heterocycles. The quantitative estimate of drug-likeness (QED) is 0.537. The van der Waals surface area contributed by atoms with Crippen LogP contribution in [-0.4, -0.2) is 34.3 Å². The SMILES string of the molecule is Cc1cc(C)c2c(ccn2C(=O)OC(C)(C)C)c1CN1CCC(CN)CC1c1ccccc1. The first-order chi connectivity index (χ1) is 15.7. The molecule has 0 amide bonds. The van der Waals surface area contributed by atoms with Gasteiger partial charge in [-0.1, -0.05) is 36.4 Å². The number of fused-ring (bicyclic) bond motifs is 1. The van der Waals surface area contributed by atoms with Gasteiger partial charge >= 0.3 is 6.09 Å². The van der Waals surface area contributed by atoms with Crippen LogP contribution in [0.25, 0.3) is 10.9 Å². The molecule has 0 bridgehead atoms. The number of nitrogens with zero attached hydrogens (tertiary/aromatic N) is 2. The molecule has 33 heavy (non-hydrogen) atoms. The van der Waals surface area contributed by atoms with Gasteiger partial charge in [-0.25, -0.2) is 4.79 Å². The molecule has 2 N–H and O–H groups in total. The summed E-state index contributed by atoms with van der Waals surface area (Å²) in [5, 5.41) is 1.13. The minimum Gasteiger partial charge on any atom is -0.443 e. The third-order valence-electron chi connectivity index (χ3n) is 6.78. The third-order valence-corrected chi connectivity index (χ3v) is 6.78. The molecule has 2 unspecified atom stereocenters. The van der Waals surface area contributed by atoms with Crippen LogP contribution in [0.15, 0.2) is 48.7 Å². The number of likely N-dealkylation sites (tertiary alicyclic amines) is 1. The van der Waals surface area contributed by atoms with Gasteiger partial charge in [-0.3, -0.25) is 9.47 Å². The van der Waals surface area contributed by atoms with E-state index in [4.69, 9.17) is 10.5 Å². The van der Waals surface area contributed by atoms with Crippen molar-refractivity contribution in [1.29, 1.82) is 0 Å². The second-order valence-electron chi connectivity index (χ2n) is 10.4. The van der Waals surface area contributed by atoms with Crippen molar-refractivity contribution in [1.82, 2.24) is 9.47 Å². The van der Waals surface area contributed by atoms with Crippen molar-refractivity contribution >= 4 is 17.0 Å². The smallest absolute Gasteiger partial charge is 0.418 e. The number of rotatable bonds is 4. The molecule has 3 aromatic rings. The van der Waals surface area contributed by atoms with Gasteiger partial charge in [0.15, 0.2) is 0 Å². The van der Waals surface area contributed by atoms with E-state index in [1.54, 1.807) is 4.57 Å². The maximum atomic E-state index is 12.9. The summed E-state index contributed by atoms with van der Waals surface area (Å²) in [5.74, 6) is 0.554. The summed E-state index contributed by atoms with van der Waals surface area (Å²) in [5.41, 5.74) is 11.5. The summed E-state index contributed by atoms with van der Waals surface area (Å²) in [6, 6.07) is 15.4. The van der Waals surface area contributed by atoms with Crippen LogP contribution >= 0.6 is 0 Å². The first-order valence-corrected chi connectivity index (χ1v) is 12.0. The number of ether oxygens (including phenoxy) is 1. The summed E-state index contributed by atoms with van der Waals surface area (Å²) in [6.45, 7) is 12.5. The number of piperidine rings is 1. The van der Waals surface area contributed by atoms with Crippen molar-refractivity contribution < 1.29 is 9.53 Å². The molecule has 0 spiro atoms. The van der Waals surface area contributed by atoms with Crippen LogP contribution in [-0.2, 0) is 11.3 Å². The minimum atomic E-state index is -0.536. The maximum Gasteiger partial charge on any atom is 0.418 e. The van der Waals surface area contributed by atoms with Crippen LogP contribution in [0.2, 0.25) is 0 Å². The molecular weight excluding hydrogens is 410 g/mol. The Hall–Kier alpha value is -2.63. The molecule has 2 heterocycles. The molecular formula is C28H37N3O2. The van der Waals surface area contributed by atoms with Gasteiger partial charge in [0.2, 0.25) is 0 Å². The van der Waals surface area contributed by atoms with Crippen LogP contribution in [0, 0.1) is 19.8 Å². The maximum absolute atomic E-state index is 12.9. The standard InChI is InChI=1S/C28H37N3O2/c1-19-15-20(2)26-23(12-14-31(26)27(32)33-28(3,4)5)24(19)18-30-13-11-21(17-29)16-25(30)22-9-7-6-8-10-22/h6-10,12,14-15,21,25H,11,13,16-18,29H2,1-5H3. The lowest BCUT2D eigenvalue weighted by Crippen LogP contribution is -2.38. The van der Waals surface area contributed by atoms with Gasteiger partial charge in [0.05, 0.1) is 5.52 Å². The fourth-order valence-corrected chi connectivity index (χ4v) is 5.16. The van der Waals surface area contributed by atoms with E-state index in [1.807, 2.05) is 27.0 Å². The first kappa shape index (κ1) is 23.5. The van der Waals surface area contributed by atoms with E-state index in [9.17, 15) is 4.79 Å². The summed E-state index contributed by atoms with van der Waals surface area (Å²) < 4.78 is 7.33. The summed E-state index contributed by atoms with van der Waals surface area (Å²) >= 11 is 0. The Labute approximate surface area is 197 Å². The van der Waals surface area contributed by atoms with E-state index in [1.165, 1.54) is 16.7 Å². The molecule has 0 aliphatic carbocycles. The van der Waals surface area contributed by atoms with E-state index in [0.717, 1.165) is 48.9 Å². The molecule has 1 aliphatic heterocycles. The van der Waals surface area contributed by atoms with Crippen molar-refractivity contribution in [3.63, 3.8) is 0 Å². The molecule has 0 saturated carbocycles. The number of aromatic nitrogens is 1. The Kier molecular flexibility index (Phi) is 6.64. The first-order valence-electron chi connectivity index (χ1n) is 12.0. The van der Waals surface area contributed by atoms with Crippen molar-refractivity contribution in [2.75, 3.05) is 13.1 Å². The van der Waals surface area contributed by atoms with Crippen LogP contribution < -0.4 is 5.73 Å². The second-order valence-corrected chi connectivity index (χ2v) is 10.4. The van der Waals surface area contributed by atoms with Gasteiger partial charge in [0, 0.05) is 24.2 Å². The molecule has 0 radical (unpaired) electrons. The normalized spacial score (nSPS) is 19.7. The average molecular weight is 448 g/mol. The lowest BCUT2D eigenvalue weighted by molar-refractivity contribution is 0.0544. The summed E-state index contributed by atoms with van der Waals surface area (Å²) in [6.07, 6.45) is 3.71. The minimum absolute atomic E-state index is 0.332. The Bertz CT molecular complexity index is 1130. The molecule has 5 heteroatoms. The van der Waals surface area contributed by atoms with E-state index < -0.39 is 5.60 Å². The van der Waals surface area contributed by atoms with Gasteiger partial charge in [0.1, 0.15) is 5.60 Å². The Morgan fingerprint density at radius 1 is 1.12 bits per heavy atom. The van der Waals surface area contributed by atoms with E-state index >= 15 is 0 Å². The zero-order valence-electron chi connectivity index (χ0n) is 20.6. The second kappa shape index (κ2) is 9.32. The van der Waals surface area contributed by atoms with E-state index in [0.29, 0.717) is 12.0 Å². The zero-order valence-corrected chi connectivity index (χ0v) is 20.6. The average Bonchev–Trinajstić information content (AvgIpc) is 3.22. The van der Waals surface area contributed by atoms with Gasteiger partial charge < -0.3 is 10.5 Å². The molecule has 2 aromatic carbocycles. The summed E-state index contributed by atoms with van der Waals surface area (Å²) in [7, 11) is 0. The highest BCUT2D eigenvalue weighted by Crippen LogP contribution is 2.37. The van der Waals surface area contributed by atoms with Crippen LogP contribution in [0.3, 0.4) is 0 Å². The Balaban J connectivity index is 1.71. The van der Waals surface area contributed by atoms with Gasteiger partial charge in [-0.15, -0.1) is 0 Å². The van der Waals surface area contributed by atoms with Crippen LogP contribution in [0.1, 0.15) is 61.9 Å². The van der Waals surface area contributed by atoms with Crippen molar-refractivity contribution in [3.8, 4) is 0 Å². The van der Waals surface area contributed by atoms with E-state index in [2.05, 4.69) is 61.2 Å². The van der Waals surface area contributed by atoms with Crippen molar-refractivity contribution in [2.24, 2.45) is 11.7 Å². The fraction of sp³-hybridized carbons (Fsp3) is 0.464. The number of benzene rings is 2. The zero-order chi connectivity index (χ0) is 23.8. The highest BCUT2D eigenvalue weighted by molar-refractivity contribution is 5.94. The summed E-state index contributed by atoms with van der Waals surface area (Å²) in [4.78, 5) is 15.5. The fourth-order valence-electron chi connectivity index (χ4n) is 5.16. The molecule has 4 rings (SSSR count).